The number of hydrogen-bond donors (Lipinski definition) is 4. The summed E-state index contributed by atoms with van der Waals surface area (Å²) in [4.78, 5) is 81.9. The number of nitrogen functional groups attached to an aromatic ring is 2. The van der Waals surface area contributed by atoms with E-state index in [9.17, 15) is 28.4 Å². The molecule has 4 amide bonds. The van der Waals surface area contributed by atoms with Crippen molar-refractivity contribution in [1.82, 2.24) is 29.7 Å². The quantitative estimate of drug-likeness (QED) is 0.0657. The highest BCUT2D eigenvalue weighted by atomic mass is 32.1. The van der Waals surface area contributed by atoms with Gasteiger partial charge in [0, 0.05) is 117 Å². The molecule has 4 aromatic carbocycles. The molecule has 84 heavy (non-hydrogen) atoms. The molecule has 2 aliphatic heterocycles. The third kappa shape index (κ3) is 14.2. The number of amides is 4. The number of aromatic nitrogens is 4. The minimum Gasteiger partial charge on any atom is -0.453 e. The van der Waals surface area contributed by atoms with Crippen LogP contribution in [-0.2, 0) is 40.3 Å². The van der Waals surface area contributed by atoms with Gasteiger partial charge in [-0.05, 0) is 114 Å². The van der Waals surface area contributed by atoms with Crippen molar-refractivity contribution in [1.29, 1.82) is 0 Å². The molecule has 8 N–H and O–H groups in total. The van der Waals surface area contributed by atoms with Gasteiger partial charge < -0.3 is 42.2 Å². The van der Waals surface area contributed by atoms with Crippen LogP contribution in [0.5, 0.6) is 23.0 Å². The highest BCUT2D eigenvalue weighted by Gasteiger charge is 2.23. The highest BCUT2D eigenvalue weighted by Crippen LogP contribution is 2.41. The molecule has 0 spiro atoms. The number of Topliss-reactive ketones (excluding diaryl/α,β-unsaturated/α-hetero) is 1. The van der Waals surface area contributed by atoms with Gasteiger partial charge in [0.15, 0.2) is 23.1 Å². The molecule has 17 nitrogen and oxygen atoms in total. The Morgan fingerprint density at radius 2 is 0.988 bits per heavy atom. The minimum absolute atomic E-state index is 0.0336. The van der Waals surface area contributed by atoms with Crippen molar-refractivity contribution in [2.75, 3.05) is 24.6 Å². The zero-order valence-corrected chi connectivity index (χ0v) is 46.6. The highest BCUT2D eigenvalue weighted by molar-refractivity contribution is 7.23. The van der Waals surface area contributed by atoms with Gasteiger partial charge >= 0.3 is 0 Å². The number of benzene rings is 4. The van der Waals surface area contributed by atoms with Gasteiger partial charge in [-0.15, -0.1) is 22.7 Å². The lowest BCUT2D eigenvalue weighted by atomic mass is 10.0. The van der Waals surface area contributed by atoms with Gasteiger partial charge in [-0.25, -0.2) is 8.78 Å². The van der Waals surface area contributed by atoms with Crippen molar-refractivity contribution >= 4 is 83.9 Å². The van der Waals surface area contributed by atoms with Gasteiger partial charge in [0.1, 0.15) is 17.3 Å². The summed E-state index contributed by atoms with van der Waals surface area (Å²) in [5.74, 6) is -0.739. The molecule has 12 rings (SSSR count). The number of ether oxygens (including phenoxy) is 2. The number of nitrogens with two attached hydrogens (primary N) is 4. The molecule has 0 aliphatic carbocycles. The average molecular weight is 1170 g/mol. The second-order valence-electron chi connectivity index (χ2n) is 19.8. The van der Waals surface area contributed by atoms with Crippen molar-refractivity contribution < 1.29 is 42.2 Å². The van der Waals surface area contributed by atoms with Gasteiger partial charge in [-0.3, -0.25) is 43.9 Å². The summed E-state index contributed by atoms with van der Waals surface area (Å²) in [5, 5.41) is 0. The molecular formula is C63H54F2N10O7S2. The smallest absolute Gasteiger partial charge is 0.248 e. The molecule has 0 saturated carbocycles. The minimum atomic E-state index is -0.587. The van der Waals surface area contributed by atoms with E-state index in [2.05, 4.69) is 19.9 Å². The Bertz CT molecular complexity index is 4100. The Morgan fingerprint density at radius 1 is 0.512 bits per heavy atom. The van der Waals surface area contributed by atoms with Crippen LogP contribution in [0.2, 0.25) is 0 Å². The van der Waals surface area contributed by atoms with Gasteiger partial charge in [0.2, 0.25) is 23.6 Å². The summed E-state index contributed by atoms with van der Waals surface area (Å²) in [6.45, 7) is 2.73. The number of primary amides is 2. The number of thiophene rings is 2. The van der Waals surface area contributed by atoms with E-state index in [0.717, 1.165) is 73.1 Å². The normalized spacial score (nSPS) is 12.9. The summed E-state index contributed by atoms with van der Waals surface area (Å²) in [5.41, 5.74) is 29.2. The third-order valence-electron chi connectivity index (χ3n) is 13.6. The van der Waals surface area contributed by atoms with Crippen molar-refractivity contribution in [2.24, 2.45) is 11.5 Å². The molecule has 2 fully saturated rings. The molecule has 6 aromatic heterocycles. The van der Waals surface area contributed by atoms with E-state index >= 15 is 4.39 Å². The molecule has 0 atom stereocenters. The number of hydrogen-bond acceptors (Lipinski definition) is 15. The molecule has 21 heteroatoms. The first-order valence-electron chi connectivity index (χ1n) is 26.6. The number of carbonyl (C=O) groups excluding carboxylic acids is 5. The summed E-state index contributed by atoms with van der Waals surface area (Å²) >= 11 is 2.93. The molecule has 8 heterocycles. The molecular weight excluding hydrogens is 1110 g/mol. The topological polar surface area (TPSA) is 266 Å². The number of carbonyl (C=O) groups is 5. The fourth-order valence-corrected chi connectivity index (χ4v) is 11.5. The van der Waals surface area contributed by atoms with Crippen LogP contribution < -0.4 is 32.4 Å². The lowest BCUT2D eigenvalue weighted by Crippen LogP contribution is -2.23. The molecule has 0 radical (unpaired) electrons. The van der Waals surface area contributed by atoms with Crippen LogP contribution in [0, 0.1) is 11.6 Å². The molecule has 2 saturated heterocycles. The number of likely N-dealkylation sites (tertiary alicyclic amines) is 2. The van der Waals surface area contributed by atoms with Crippen molar-refractivity contribution in [2.45, 2.75) is 51.6 Å². The summed E-state index contributed by atoms with van der Waals surface area (Å²) in [7, 11) is 0. The van der Waals surface area contributed by atoms with Gasteiger partial charge in [0.05, 0.1) is 41.6 Å². The number of halogens is 2. The fraction of sp³-hybridized carbons (Fsp3) is 0.159. The van der Waals surface area contributed by atoms with Crippen molar-refractivity contribution in [3.05, 3.63) is 203 Å². The largest absolute Gasteiger partial charge is 0.453 e. The lowest BCUT2D eigenvalue weighted by Gasteiger charge is -2.15. The maximum absolute atomic E-state index is 15.1. The van der Waals surface area contributed by atoms with Crippen LogP contribution in [0.25, 0.3) is 41.6 Å². The van der Waals surface area contributed by atoms with E-state index in [0.29, 0.717) is 76.6 Å². The molecule has 2 aliphatic rings. The zero-order valence-electron chi connectivity index (χ0n) is 45.0. The van der Waals surface area contributed by atoms with Crippen molar-refractivity contribution in [3.63, 3.8) is 0 Å². The van der Waals surface area contributed by atoms with Crippen LogP contribution in [0.3, 0.4) is 0 Å². The Kier molecular flexibility index (Phi) is 17.6. The third-order valence-corrected chi connectivity index (χ3v) is 15.9. The van der Waals surface area contributed by atoms with Crippen LogP contribution in [0.15, 0.2) is 158 Å². The second-order valence-corrected chi connectivity index (χ2v) is 21.9. The van der Waals surface area contributed by atoms with E-state index in [-0.39, 0.29) is 41.9 Å². The van der Waals surface area contributed by atoms with E-state index in [1.54, 1.807) is 97.6 Å². The predicted octanol–water partition coefficient (Wildman–Crippen LogP) is 11.2. The van der Waals surface area contributed by atoms with Gasteiger partial charge in [0.25, 0.3) is 0 Å². The molecule has 424 valence electrons. The number of anilines is 2. The molecule has 0 bridgehead atoms. The van der Waals surface area contributed by atoms with E-state index in [1.807, 2.05) is 46.2 Å². The molecule has 10 aromatic rings. The van der Waals surface area contributed by atoms with Gasteiger partial charge in [-0.2, -0.15) is 0 Å². The summed E-state index contributed by atoms with van der Waals surface area (Å²) < 4.78 is 42.6. The Hall–Kier alpha value is -9.99. The first kappa shape index (κ1) is 57.3. The van der Waals surface area contributed by atoms with E-state index < -0.39 is 23.4 Å². The molecule has 0 unspecified atom stereocenters. The van der Waals surface area contributed by atoms with Crippen LogP contribution in [-0.4, -0.2) is 72.2 Å². The predicted molar refractivity (Wildman–Crippen MR) is 319 cm³/mol. The van der Waals surface area contributed by atoms with Crippen LogP contribution in [0.4, 0.5) is 20.2 Å². The number of fused-ring (bicyclic) bond motifs is 2. The van der Waals surface area contributed by atoms with Crippen molar-refractivity contribution in [3.8, 4) is 44.1 Å². The fourth-order valence-electron chi connectivity index (χ4n) is 9.37. The van der Waals surface area contributed by atoms with E-state index in [1.165, 1.54) is 46.9 Å². The van der Waals surface area contributed by atoms with E-state index in [4.69, 9.17) is 32.4 Å². The summed E-state index contributed by atoms with van der Waals surface area (Å²) in [6.07, 6.45) is 10.0. The first-order valence-corrected chi connectivity index (χ1v) is 28.2. The Morgan fingerprint density at radius 3 is 1.44 bits per heavy atom. The van der Waals surface area contributed by atoms with Crippen LogP contribution in [0.1, 0.15) is 68.7 Å². The SMILES string of the molecule is NC(=O)c1cccc(CC(=O)Cc2ccc(Oc3ccnc4cc(-c5ccc(CN6CCCC6=O)cn5)sc34)c(F)c2)c1.NC(=O)c1cccc(N)c1.Nc1ccc(Oc2ccnc3cc(-c4ccc(CN5CCCC5=O)cn4)sc23)c(F)c1. The average Bonchev–Trinajstić information content (AvgIpc) is 4.16. The summed E-state index contributed by atoms with van der Waals surface area (Å²) in [6, 6.07) is 37.1. The standard InChI is InChI=1S/C33H27FN4O4S.C23H19FN4O2S.C7H8N2O/c34-25-16-21(15-24(39)14-20-3-1-4-23(13-20)33(35)41)7-9-28(25)42-29-10-11-36-27-17-30(43-32(27)29)26-8-6-22(18-37-26)19-38-12-2-5-31(38)40;24-16-10-15(25)4-6-19(16)30-20-7-8-26-18-11-21(31-23(18)20)17-5-3-14(12-27-17)13-28-9-1-2-22(28)29;8-6-3-1-2-5(4-6)7(9)10/h1,3-4,6-11,13,16-18H,2,5,12,14-15,19H2,(H2,35,41);3-8,10-12H,1-2,9,13,25H2;1-4H,8H2,(H2,9,10). The number of rotatable bonds is 16. The maximum atomic E-state index is 15.1. The number of ketones is 1. The maximum Gasteiger partial charge on any atom is 0.248 e. The van der Waals surface area contributed by atoms with Crippen LogP contribution >= 0.6 is 22.7 Å². The number of nitrogens with zero attached hydrogens (tertiary/aromatic N) is 6. The van der Waals surface area contributed by atoms with Gasteiger partial charge in [-0.1, -0.05) is 36.4 Å². The lowest BCUT2D eigenvalue weighted by molar-refractivity contribution is -0.129. The Balaban J connectivity index is 0.000000166. The number of pyridine rings is 4. The second kappa shape index (κ2) is 25.9. The Labute approximate surface area is 488 Å². The monoisotopic (exact) mass is 1160 g/mol. The zero-order chi connectivity index (χ0) is 58.9. The first-order chi connectivity index (χ1) is 40.6.